The van der Waals surface area contributed by atoms with Crippen molar-refractivity contribution in [2.45, 2.75) is 18.9 Å². The summed E-state index contributed by atoms with van der Waals surface area (Å²) >= 11 is 0. The molecule has 162 valence electrons. The maximum atomic E-state index is 6.22. The van der Waals surface area contributed by atoms with Crippen LogP contribution in [-0.4, -0.2) is 32.8 Å². The fraction of sp³-hybridized carbons (Fsp3) is 0.227. The van der Waals surface area contributed by atoms with Crippen LogP contribution in [-0.2, 0) is 0 Å². The highest BCUT2D eigenvalue weighted by atomic mass is 35.5. The molecule has 0 aliphatic carbocycles. The summed E-state index contributed by atoms with van der Waals surface area (Å²) in [5.74, 6) is 2.02. The maximum Gasteiger partial charge on any atom is 0.164 e. The second-order valence-electron chi connectivity index (χ2n) is 7.19. The third-order valence-corrected chi connectivity index (χ3v) is 5.24. The molecule has 5 rings (SSSR count). The molecule has 1 saturated heterocycles. The maximum absolute atomic E-state index is 6.22. The van der Waals surface area contributed by atoms with Crippen molar-refractivity contribution in [2.24, 2.45) is 0 Å². The van der Waals surface area contributed by atoms with Crippen LogP contribution >= 0.6 is 24.8 Å². The quantitative estimate of drug-likeness (QED) is 0.462. The zero-order valence-corrected chi connectivity index (χ0v) is 18.4. The van der Waals surface area contributed by atoms with E-state index in [2.05, 4.69) is 15.3 Å². The number of rotatable bonds is 4. The number of ether oxygens (including phenoxy) is 1. The molecule has 0 bridgehead atoms. The molecule has 0 radical (unpaired) electrons. The number of benzene rings is 2. The molecule has 4 aromatic rings. The van der Waals surface area contributed by atoms with E-state index in [1.54, 1.807) is 0 Å². The van der Waals surface area contributed by atoms with Gasteiger partial charge in [0.05, 0.1) is 11.4 Å². The molecule has 0 saturated carbocycles. The van der Waals surface area contributed by atoms with E-state index in [1.807, 2.05) is 59.3 Å². The lowest BCUT2D eigenvalue weighted by molar-refractivity contribution is 0.354. The van der Waals surface area contributed by atoms with Crippen molar-refractivity contribution in [3.8, 4) is 22.8 Å². The van der Waals surface area contributed by atoms with E-state index < -0.39 is 0 Å². The van der Waals surface area contributed by atoms with Crippen LogP contribution in [0.5, 0.6) is 11.5 Å². The number of piperidine rings is 1. The second kappa shape index (κ2) is 9.96. The highest BCUT2D eigenvalue weighted by Crippen LogP contribution is 2.34. The van der Waals surface area contributed by atoms with Crippen LogP contribution in [0, 0.1) is 0 Å². The first-order valence-electron chi connectivity index (χ1n) is 9.82. The predicted octanol–water partition coefficient (Wildman–Crippen LogP) is 4.64. The third kappa shape index (κ3) is 4.58. The van der Waals surface area contributed by atoms with E-state index >= 15 is 0 Å². The lowest BCUT2D eigenvalue weighted by Gasteiger charge is -2.23. The standard InChI is InChI=1S/C22H22N6O.2ClH/c23-21-19-20(15-8-10-18(11-9-15)29-17-6-2-1-3-7-17)27-28(22(19)26-14-25-21)16-5-4-12-24-13-16;;/h1-3,6-11,14,16,24H,4-5,12-13H2,(H2,23,25,26);2*1H. The van der Waals surface area contributed by atoms with Crippen LogP contribution in [0.15, 0.2) is 60.9 Å². The molecule has 1 aliphatic heterocycles. The van der Waals surface area contributed by atoms with Crippen molar-refractivity contribution in [1.29, 1.82) is 0 Å². The monoisotopic (exact) mass is 458 g/mol. The first-order valence-corrected chi connectivity index (χ1v) is 9.82. The molecule has 1 fully saturated rings. The molecule has 3 N–H and O–H groups in total. The van der Waals surface area contributed by atoms with Gasteiger partial charge in [0.25, 0.3) is 0 Å². The van der Waals surface area contributed by atoms with Gasteiger partial charge in [0.1, 0.15) is 29.3 Å². The van der Waals surface area contributed by atoms with Crippen LogP contribution < -0.4 is 15.8 Å². The van der Waals surface area contributed by atoms with Crippen molar-refractivity contribution >= 4 is 41.7 Å². The minimum Gasteiger partial charge on any atom is -0.457 e. The smallest absolute Gasteiger partial charge is 0.164 e. The first kappa shape index (κ1) is 22.8. The number of nitrogens with one attached hydrogen (secondary N) is 1. The van der Waals surface area contributed by atoms with Gasteiger partial charge >= 0.3 is 0 Å². The van der Waals surface area contributed by atoms with E-state index in [0.29, 0.717) is 5.82 Å². The van der Waals surface area contributed by atoms with Crippen molar-refractivity contribution < 1.29 is 4.74 Å². The minimum atomic E-state index is 0. The fourth-order valence-corrected chi connectivity index (χ4v) is 3.80. The van der Waals surface area contributed by atoms with Gasteiger partial charge in [0.15, 0.2) is 5.65 Å². The Bertz CT molecular complexity index is 1130. The Balaban J connectivity index is 0.00000136. The van der Waals surface area contributed by atoms with E-state index in [-0.39, 0.29) is 30.9 Å². The molecular formula is C22H24Cl2N6O. The SMILES string of the molecule is Cl.Cl.Nc1ncnc2c1c(-c1ccc(Oc3ccccc3)cc1)nn2C1CCCNC1. The number of nitrogens with zero attached hydrogens (tertiary/aromatic N) is 4. The molecular weight excluding hydrogens is 435 g/mol. The summed E-state index contributed by atoms with van der Waals surface area (Å²) < 4.78 is 7.90. The van der Waals surface area contributed by atoms with E-state index in [4.69, 9.17) is 15.6 Å². The molecule has 0 amide bonds. The Morgan fingerprint density at radius 3 is 2.42 bits per heavy atom. The van der Waals surface area contributed by atoms with E-state index in [1.165, 1.54) is 6.33 Å². The molecule has 1 unspecified atom stereocenters. The average molecular weight is 459 g/mol. The van der Waals surface area contributed by atoms with Gasteiger partial charge < -0.3 is 15.8 Å². The van der Waals surface area contributed by atoms with Crippen LogP contribution in [0.25, 0.3) is 22.3 Å². The molecule has 1 aliphatic rings. The van der Waals surface area contributed by atoms with E-state index in [9.17, 15) is 0 Å². The van der Waals surface area contributed by atoms with Crippen molar-refractivity contribution in [3.05, 3.63) is 60.9 Å². The highest BCUT2D eigenvalue weighted by molar-refractivity contribution is 5.98. The van der Waals surface area contributed by atoms with Crippen LogP contribution in [0.1, 0.15) is 18.9 Å². The number of nitrogens with two attached hydrogens (primary N) is 1. The number of hydrogen-bond donors (Lipinski definition) is 2. The van der Waals surface area contributed by atoms with E-state index in [0.717, 1.165) is 59.7 Å². The highest BCUT2D eigenvalue weighted by Gasteiger charge is 2.23. The second-order valence-corrected chi connectivity index (χ2v) is 7.19. The number of hydrogen-bond acceptors (Lipinski definition) is 6. The average Bonchev–Trinajstić information content (AvgIpc) is 3.17. The molecule has 2 aromatic heterocycles. The lowest BCUT2D eigenvalue weighted by atomic mass is 10.1. The Morgan fingerprint density at radius 1 is 0.968 bits per heavy atom. The number of halogens is 2. The number of aromatic nitrogens is 4. The van der Waals surface area contributed by atoms with Gasteiger partial charge in [0.2, 0.25) is 0 Å². The Hall–Kier alpha value is -2.87. The Labute approximate surface area is 192 Å². The first-order chi connectivity index (χ1) is 14.3. The molecule has 9 heteroatoms. The molecule has 31 heavy (non-hydrogen) atoms. The van der Waals surface area contributed by atoms with Gasteiger partial charge in [-0.1, -0.05) is 18.2 Å². The van der Waals surface area contributed by atoms with Gasteiger partial charge in [-0.25, -0.2) is 14.6 Å². The number of anilines is 1. The molecule has 0 spiro atoms. The Morgan fingerprint density at radius 2 is 1.71 bits per heavy atom. The number of para-hydroxylation sites is 1. The summed E-state index contributed by atoms with van der Waals surface area (Å²) in [4.78, 5) is 8.69. The topological polar surface area (TPSA) is 90.9 Å². The number of fused-ring (bicyclic) bond motifs is 1. The molecule has 7 nitrogen and oxygen atoms in total. The van der Waals surface area contributed by atoms with Gasteiger partial charge in [0, 0.05) is 12.1 Å². The lowest BCUT2D eigenvalue weighted by Crippen LogP contribution is -2.32. The zero-order valence-electron chi connectivity index (χ0n) is 16.8. The number of nitrogen functional groups attached to an aromatic ring is 1. The van der Waals surface area contributed by atoms with Crippen LogP contribution in [0.4, 0.5) is 5.82 Å². The molecule has 3 heterocycles. The van der Waals surface area contributed by atoms with Crippen LogP contribution in [0.3, 0.4) is 0 Å². The van der Waals surface area contributed by atoms with Crippen LogP contribution in [0.2, 0.25) is 0 Å². The summed E-state index contributed by atoms with van der Waals surface area (Å²) in [5.41, 5.74) is 8.77. The third-order valence-electron chi connectivity index (χ3n) is 5.24. The zero-order chi connectivity index (χ0) is 19.6. The summed E-state index contributed by atoms with van der Waals surface area (Å²) in [6.45, 7) is 1.92. The van der Waals surface area contributed by atoms with Gasteiger partial charge in [-0.05, 0) is 55.8 Å². The van der Waals surface area contributed by atoms with Gasteiger partial charge in [-0.2, -0.15) is 5.10 Å². The van der Waals surface area contributed by atoms with Gasteiger partial charge in [-0.15, -0.1) is 24.8 Å². The van der Waals surface area contributed by atoms with Gasteiger partial charge in [-0.3, -0.25) is 0 Å². The fourth-order valence-electron chi connectivity index (χ4n) is 3.80. The summed E-state index contributed by atoms with van der Waals surface area (Å²) in [7, 11) is 0. The van der Waals surface area contributed by atoms with Crippen molar-refractivity contribution in [2.75, 3.05) is 18.8 Å². The summed E-state index contributed by atoms with van der Waals surface area (Å²) in [6, 6.07) is 17.9. The van der Waals surface area contributed by atoms with Crippen molar-refractivity contribution in [3.63, 3.8) is 0 Å². The summed E-state index contributed by atoms with van der Waals surface area (Å²) in [5, 5.41) is 9.15. The normalized spacial score (nSPS) is 15.7. The Kier molecular flexibility index (Phi) is 7.33. The van der Waals surface area contributed by atoms with Crippen molar-refractivity contribution in [1.82, 2.24) is 25.1 Å². The summed E-state index contributed by atoms with van der Waals surface area (Å²) in [6.07, 6.45) is 3.69. The predicted molar refractivity (Wildman–Crippen MR) is 127 cm³/mol. The largest absolute Gasteiger partial charge is 0.457 e. The molecule has 1 atom stereocenters. The molecule has 2 aromatic carbocycles. The minimum absolute atomic E-state index is 0.